The fraction of sp³-hybridized carbons (Fsp3) is 0.360. The first-order valence-electron chi connectivity index (χ1n) is 11.4. The third-order valence-electron chi connectivity index (χ3n) is 5.48. The van der Waals surface area contributed by atoms with E-state index in [0.717, 1.165) is 43.9 Å². The van der Waals surface area contributed by atoms with Crippen LogP contribution >= 0.6 is 59.4 Å². The molecule has 0 aliphatic carbocycles. The third-order valence-corrected chi connectivity index (χ3v) is 7.03. The molecule has 0 saturated carbocycles. The zero-order valence-electron chi connectivity index (χ0n) is 20.4. The maximum Gasteiger partial charge on any atom is 0.321 e. The Hall–Kier alpha value is -1.74. The summed E-state index contributed by atoms with van der Waals surface area (Å²) in [7, 11) is 0. The molecule has 2 amide bonds. The Morgan fingerprint density at radius 3 is 2.39 bits per heavy atom. The average Bonchev–Trinajstić information content (AvgIpc) is 3.29. The van der Waals surface area contributed by atoms with E-state index in [4.69, 9.17) is 23.2 Å². The number of anilines is 2. The van der Waals surface area contributed by atoms with E-state index in [1.165, 1.54) is 17.0 Å². The number of benzene rings is 2. The summed E-state index contributed by atoms with van der Waals surface area (Å²) in [5.41, 5.74) is 2.97. The lowest BCUT2D eigenvalue weighted by Gasteiger charge is -2.26. The van der Waals surface area contributed by atoms with E-state index in [2.05, 4.69) is 63.5 Å². The van der Waals surface area contributed by atoms with E-state index >= 15 is 0 Å². The second-order valence-corrected chi connectivity index (χ2v) is 9.51. The lowest BCUT2D eigenvalue weighted by atomic mass is 10.2. The molecule has 0 aliphatic heterocycles. The van der Waals surface area contributed by atoms with Gasteiger partial charge in [0.15, 0.2) is 5.13 Å². The van der Waals surface area contributed by atoms with Crippen molar-refractivity contribution >= 4 is 76.2 Å². The molecule has 11 heteroatoms. The molecule has 2 N–H and O–H groups in total. The molecule has 0 fully saturated rings. The number of amides is 2. The summed E-state index contributed by atoms with van der Waals surface area (Å²) < 4.78 is 0. The van der Waals surface area contributed by atoms with E-state index in [0.29, 0.717) is 28.3 Å². The molecule has 1 aromatic heterocycles. The summed E-state index contributed by atoms with van der Waals surface area (Å²) >= 11 is 13.4. The van der Waals surface area contributed by atoms with Gasteiger partial charge in [-0.25, -0.2) is 9.78 Å². The van der Waals surface area contributed by atoms with Crippen molar-refractivity contribution in [1.29, 1.82) is 0 Å². The van der Waals surface area contributed by atoms with Crippen LogP contribution in [0.1, 0.15) is 31.5 Å². The first kappa shape index (κ1) is 32.3. The maximum absolute atomic E-state index is 12.3. The number of hydrogen-bond donors (Lipinski definition) is 2. The minimum Gasteiger partial charge on any atom is -0.366 e. The summed E-state index contributed by atoms with van der Waals surface area (Å²) in [6, 6.07) is 15.4. The van der Waals surface area contributed by atoms with Gasteiger partial charge in [0, 0.05) is 24.2 Å². The van der Waals surface area contributed by atoms with Gasteiger partial charge < -0.3 is 15.1 Å². The largest absolute Gasteiger partial charge is 0.366 e. The molecule has 0 saturated heterocycles. The molecule has 198 valence electrons. The lowest BCUT2D eigenvalue weighted by molar-refractivity contribution is 0.251. The maximum atomic E-state index is 12.3. The minimum absolute atomic E-state index is 0. The monoisotopic (exact) mass is 591 g/mol. The van der Waals surface area contributed by atoms with Gasteiger partial charge in [-0.1, -0.05) is 61.3 Å². The zero-order valence-corrected chi connectivity index (χ0v) is 24.3. The smallest absolute Gasteiger partial charge is 0.321 e. The predicted molar refractivity (Wildman–Crippen MR) is 159 cm³/mol. The Morgan fingerprint density at radius 1 is 1.00 bits per heavy atom. The van der Waals surface area contributed by atoms with Gasteiger partial charge in [-0.05, 0) is 55.9 Å². The third kappa shape index (κ3) is 10.3. The number of nitrogens with zero attached hydrogens (tertiary/aromatic N) is 3. The lowest BCUT2D eigenvalue weighted by Crippen LogP contribution is -2.30. The van der Waals surface area contributed by atoms with Crippen LogP contribution in [0.25, 0.3) is 0 Å². The fourth-order valence-corrected chi connectivity index (χ4v) is 4.59. The van der Waals surface area contributed by atoms with E-state index in [9.17, 15) is 4.79 Å². The Balaban J connectivity index is 0.00000324. The fourth-order valence-electron chi connectivity index (χ4n) is 3.57. The van der Waals surface area contributed by atoms with E-state index in [-0.39, 0.29) is 30.8 Å². The van der Waals surface area contributed by atoms with E-state index in [1.807, 2.05) is 17.5 Å². The summed E-state index contributed by atoms with van der Waals surface area (Å²) in [6.45, 7) is 9.56. The summed E-state index contributed by atoms with van der Waals surface area (Å²) in [5.74, 6) is 0. The van der Waals surface area contributed by atoms with Gasteiger partial charge in [-0.3, -0.25) is 5.32 Å². The topological polar surface area (TPSA) is 60.5 Å². The zero-order chi connectivity index (χ0) is 24.3. The highest BCUT2D eigenvalue weighted by Crippen LogP contribution is 2.23. The number of hydrogen-bond acceptors (Lipinski definition) is 5. The van der Waals surface area contributed by atoms with Crippen LogP contribution in [0.4, 0.5) is 15.6 Å². The number of halogens is 4. The van der Waals surface area contributed by atoms with Crippen molar-refractivity contribution < 1.29 is 4.79 Å². The number of carbonyl (C=O) groups is 1. The second-order valence-electron chi connectivity index (χ2n) is 7.84. The van der Waals surface area contributed by atoms with Crippen LogP contribution in [0.15, 0.2) is 53.9 Å². The predicted octanol–water partition coefficient (Wildman–Crippen LogP) is 7.35. The van der Waals surface area contributed by atoms with Crippen molar-refractivity contribution in [3.8, 4) is 0 Å². The van der Waals surface area contributed by atoms with E-state index < -0.39 is 0 Å². The Bertz CT molecular complexity index is 1050. The van der Waals surface area contributed by atoms with Crippen molar-refractivity contribution in [1.82, 2.24) is 15.2 Å². The van der Waals surface area contributed by atoms with Gasteiger partial charge in [-0.2, -0.15) is 0 Å². The molecular formula is C25H33Cl4N5OS. The number of urea groups is 1. The Kier molecular flexibility index (Phi) is 15.2. The number of aromatic nitrogens is 1. The summed E-state index contributed by atoms with van der Waals surface area (Å²) in [6.07, 6.45) is 1.07. The molecule has 0 unspecified atom stereocenters. The van der Waals surface area contributed by atoms with Crippen LogP contribution in [-0.2, 0) is 13.1 Å². The number of rotatable bonds is 12. The van der Waals surface area contributed by atoms with Crippen molar-refractivity contribution in [2.24, 2.45) is 0 Å². The van der Waals surface area contributed by atoms with Gasteiger partial charge in [0.1, 0.15) is 0 Å². The SMILES string of the molecule is CCN(CC)CCCN(Cc1csc(NC(=O)NCc2ccc(Cl)c(Cl)c2)n1)c1ccccc1.Cl.Cl. The van der Waals surface area contributed by atoms with Gasteiger partial charge in [0.25, 0.3) is 0 Å². The van der Waals surface area contributed by atoms with Crippen LogP contribution in [0.3, 0.4) is 0 Å². The van der Waals surface area contributed by atoms with Crippen LogP contribution in [0.5, 0.6) is 0 Å². The molecule has 3 aromatic rings. The molecule has 0 bridgehead atoms. The highest BCUT2D eigenvalue weighted by Gasteiger charge is 2.12. The van der Waals surface area contributed by atoms with Crippen LogP contribution in [0.2, 0.25) is 10.0 Å². The van der Waals surface area contributed by atoms with E-state index in [1.54, 1.807) is 12.1 Å². The molecule has 1 heterocycles. The average molecular weight is 593 g/mol. The number of thiazole rings is 1. The standard InChI is InChI=1S/C25H31Cl2N5OS.2ClH/c1-3-31(4-2)13-8-14-32(21-9-6-5-7-10-21)17-20-18-34-25(29-20)30-24(33)28-16-19-11-12-22(26)23(27)15-19;;/h5-7,9-12,15,18H,3-4,8,13-14,16-17H2,1-2H3,(H2,28,29,30,33);2*1H. The summed E-state index contributed by atoms with van der Waals surface area (Å²) in [5, 5.41) is 9.15. The normalized spacial score (nSPS) is 10.4. The van der Waals surface area contributed by atoms with Crippen LogP contribution in [-0.4, -0.2) is 42.1 Å². The highest BCUT2D eigenvalue weighted by molar-refractivity contribution is 7.13. The molecule has 0 radical (unpaired) electrons. The number of para-hydroxylation sites is 1. The molecule has 6 nitrogen and oxygen atoms in total. The van der Waals surface area contributed by atoms with Crippen molar-refractivity contribution in [3.05, 3.63) is 75.2 Å². The number of carbonyl (C=O) groups excluding carboxylic acids is 1. The van der Waals surface area contributed by atoms with Crippen molar-refractivity contribution in [2.75, 3.05) is 36.4 Å². The number of nitrogens with one attached hydrogen (secondary N) is 2. The van der Waals surface area contributed by atoms with Crippen LogP contribution in [0, 0.1) is 0 Å². The van der Waals surface area contributed by atoms with Gasteiger partial charge in [-0.15, -0.1) is 36.2 Å². The summed E-state index contributed by atoms with van der Waals surface area (Å²) in [4.78, 5) is 21.7. The minimum atomic E-state index is -0.314. The quantitative estimate of drug-likeness (QED) is 0.231. The first-order valence-corrected chi connectivity index (χ1v) is 13.1. The van der Waals surface area contributed by atoms with Crippen LogP contribution < -0.4 is 15.5 Å². The second kappa shape index (κ2) is 16.9. The Morgan fingerprint density at radius 2 is 1.72 bits per heavy atom. The van der Waals surface area contributed by atoms with Crippen molar-refractivity contribution in [2.45, 2.75) is 33.4 Å². The molecule has 2 aromatic carbocycles. The van der Waals surface area contributed by atoms with Gasteiger partial charge in [0.05, 0.1) is 22.3 Å². The molecule has 3 rings (SSSR count). The first-order chi connectivity index (χ1) is 16.5. The van der Waals surface area contributed by atoms with Gasteiger partial charge in [0.2, 0.25) is 0 Å². The molecular weight excluding hydrogens is 560 g/mol. The molecule has 0 atom stereocenters. The van der Waals surface area contributed by atoms with Crippen molar-refractivity contribution in [3.63, 3.8) is 0 Å². The molecule has 0 aliphatic rings. The molecule has 36 heavy (non-hydrogen) atoms. The van der Waals surface area contributed by atoms with Gasteiger partial charge >= 0.3 is 6.03 Å². The molecule has 0 spiro atoms. The highest BCUT2D eigenvalue weighted by atomic mass is 35.5. The Labute approximate surface area is 240 Å².